The quantitative estimate of drug-likeness (QED) is 0.907. The first-order valence-corrected chi connectivity index (χ1v) is 8.83. The van der Waals surface area contributed by atoms with Gasteiger partial charge in [0.05, 0.1) is 4.90 Å². The minimum absolute atomic E-state index is 0.122. The maximum Gasteiger partial charge on any atom is 0.238 e. The van der Waals surface area contributed by atoms with Crippen LogP contribution in [0.5, 0.6) is 0 Å². The number of carbonyl (C=O) groups is 1. The molecule has 1 heterocycles. The number of rotatable bonds is 3. The fourth-order valence-corrected chi connectivity index (χ4v) is 3.86. The van der Waals surface area contributed by atoms with Gasteiger partial charge in [0.25, 0.3) is 0 Å². The number of halogens is 1. The predicted octanol–water partition coefficient (Wildman–Crippen LogP) is 1.32. The van der Waals surface area contributed by atoms with Crippen LogP contribution in [0, 0.1) is 0 Å². The summed E-state index contributed by atoms with van der Waals surface area (Å²) in [6, 6.07) is 6.19. The molecule has 0 aliphatic carbocycles. The first kappa shape index (κ1) is 16.3. The molecular weight excluding hydrogens is 312 g/mol. The Morgan fingerprint density at radius 2 is 1.76 bits per heavy atom. The summed E-state index contributed by atoms with van der Waals surface area (Å²) >= 11 is 5.74. The number of hydrogen-bond acceptors (Lipinski definition) is 4. The Bertz CT molecular complexity index is 606. The van der Waals surface area contributed by atoms with Crippen LogP contribution in [-0.2, 0) is 14.6 Å². The van der Waals surface area contributed by atoms with Crippen LogP contribution in [0.15, 0.2) is 29.2 Å². The fourth-order valence-electron chi connectivity index (χ4n) is 2.51. The Morgan fingerprint density at radius 3 is 2.29 bits per heavy atom. The Morgan fingerprint density at radius 1 is 1.24 bits per heavy atom. The molecule has 1 amide bonds. The molecule has 0 bridgehead atoms. The van der Waals surface area contributed by atoms with Crippen molar-refractivity contribution in [2.75, 3.05) is 18.8 Å². The number of nitrogens with zero attached hydrogens (tertiary/aromatic N) is 1. The molecule has 0 saturated carbocycles. The highest BCUT2D eigenvalue weighted by Crippen LogP contribution is 2.16. The number of carbonyl (C=O) groups excluding carboxylic acids is 1. The van der Waals surface area contributed by atoms with E-state index in [1.54, 1.807) is 4.90 Å². The van der Waals surface area contributed by atoms with Gasteiger partial charge in [-0.3, -0.25) is 4.79 Å². The third-order valence-electron chi connectivity index (χ3n) is 3.40. The van der Waals surface area contributed by atoms with Crippen LogP contribution in [-0.4, -0.2) is 50.2 Å². The molecule has 21 heavy (non-hydrogen) atoms. The number of piperazine rings is 1. The van der Waals surface area contributed by atoms with Crippen LogP contribution in [0.2, 0.25) is 5.02 Å². The normalized spacial score (nSPS) is 23.1. The first-order valence-electron chi connectivity index (χ1n) is 6.80. The second-order valence-corrected chi connectivity index (χ2v) is 7.91. The number of benzene rings is 1. The van der Waals surface area contributed by atoms with Crippen LogP contribution < -0.4 is 5.32 Å². The van der Waals surface area contributed by atoms with E-state index in [2.05, 4.69) is 5.32 Å². The largest absolute Gasteiger partial charge is 0.339 e. The lowest BCUT2D eigenvalue weighted by molar-refractivity contribution is -0.130. The molecule has 7 heteroatoms. The molecule has 116 valence electrons. The van der Waals surface area contributed by atoms with Gasteiger partial charge < -0.3 is 10.2 Å². The zero-order chi connectivity index (χ0) is 15.6. The van der Waals surface area contributed by atoms with Gasteiger partial charge in [0.1, 0.15) is 5.75 Å². The molecule has 2 atom stereocenters. The van der Waals surface area contributed by atoms with Gasteiger partial charge in [0.15, 0.2) is 9.84 Å². The summed E-state index contributed by atoms with van der Waals surface area (Å²) in [6.07, 6.45) is 0. The lowest BCUT2D eigenvalue weighted by atomic mass is 10.1. The maximum atomic E-state index is 12.3. The highest BCUT2D eigenvalue weighted by atomic mass is 35.5. The standard InChI is InChI=1S/C14H19ClN2O3S/c1-10-7-17(8-11(2)16-10)14(18)9-21(19,20)13-5-3-12(15)4-6-13/h3-6,10-11,16H,7-9H2,1-2H3/t10-,11+. The summed E-state index contributed by atoms with van der Waals surface area (Å²) < 4.78 is 24.5. The summed E-state index contributed by atoms with van der Waals surface area (Å²) in [7, 11) is -3.63. The van der Waals surface area contributed by atoms with Crippen LogP contribution in [0.25, 0.3) is 0 Å². The average Bonchev–Trinajstić information content (AvgIpc) is 2.37. The van der Waals surface area contributed by atoms with E-state index in [0.29, 0.717) is 18.1 Å². The maximum absolute atomic E-state index is 12.3. The zero-order valence-corrected chi connectivity index (χ0v) is 13.6. The van der Waals surface area contributed by atoms with E-state index in [-0.39, 0.29) is 22.9 Å². The van der Waals surface area contributed by atoms with Crippen molar-refractivity contribution in [1.29, 1.82) is 0 Å². The van der Waals surface area contributed by atoms with Gasteiger partial charge in [-0.15, -0.1) is 0 Å². The predicted molar refractivity (Wildman–Crippen MR) is 82.1 cm³/mol. The molecule has 1 aliphatic heterocycles. The summed E-state index contributed by atoms with van der Waals surface area (Å²) in [5.41, 5.74) is 0. The van der Waals surface area contributed by atoms with Crippen molar-refractivity contribution >= 4 is 27.3 Å². The summed E-state index contributed by atoms with van der Waals surface area (Å²) in [6.45, 7) is 5.01. The van der Waals surface area contributed by atoms with Gasteiger partial charge in [-0.05, 0) is 38.1 Å². The highest BCUT2D eigenvalue weighted by molar-refractivity contribution is 7.92. The third-order valence-corrected chi connectivity index (χ3v) is 5.27. The summed E-state index contributed by atoms with van der Waals surface area (Å²) in [4.78, 5) is 14.0. The number of nitrogens with one attached hydrogen (secondary N) is 1. The monoisotopic (exact) mass is 330 g/mol. The van der Waals surface area contributed by atoms with E-state index < -0.39 is 15.6 Å². The van der Waals surface area contributed by atoms with Crippen molar-refractivity contribution in [3.8, 4) is 0 Å². The molecule has 1 aromatic rings. The lowest BCUT2D eigenvalue weighted by Gasteiger charge is -2.36. The van der Waals surface area contributed by atoms with E-state index in [9.17, 15) is 13.2 Å². The van der Waals surface area contributed by atoms with Gasteiger partial charge in [0, 0.05) is 30.2 Å². The molecule has 0 unspecified atom stereocenters. The lowest BCUT2D eigenvalue weighted by Crippen LogP contribution is -2.56. The van der Waals surface area contributed by atoms with Crippen molar-refractivity contribution in [3.05, 3.63) is 29.3 Å². The number of amides is 1. The van der Waals surface area contributed by atoms with Gasteiger partial charge >= 0.3 is 0 Å². The van der Waals surface area contributed by atoms with E-state index in [4.69, 9.17) is 11.6 Å². The Balaban J connectivity index is 2.09. The molecular formula is C14H19ClN2O3S. The molecule has 0 aromatic heterocycles. The second kappa shape index (κ2) is 6.34. The molecule has 2 rings (SSSR count). The number of hydrogen-bond donors (Lipinski definition) is 1. The van der Waals surface area contributed by atoms with Gasteiger partial charge in [-0.25, -0.2) is 8.42 Å². The van der Waals surface area contributed by atoms with Gasteiger partial charge in [-0.2, -0.15) is 0 Å². The van der Waals surface area contributed by atoms with Crippen molar-refractivity contribution in [2.24, 2.45) is 0 Å². The van der Waals surface area contributed by atoms with Crippen molar-refractivity contribution in [2.45, 2.75) is 30.8 Å². The summed E-state index contributed by atoms with van der Waals surface area (Å²) in [5, 5.41) is 3.77. The third kappa shape index (κ3) is 4.18. The van der Waals surface area contributed by atoms with Crippen molar-refractivity contribution in [3.63, 3.8) is 0 Å². The summed E-state index contributed by atoms with van der Waals surface area (Å²) in [5.74, 6) is -0.862. The van der Waals surface area contributed by atoms with Crippen LogP contribution in [0.4, 0.5) is 0 Å². The molecule has 1 fully saturated rings. The van der Waals surface area contributed by atoms with Gasteiger partial charge in [0.2, 0.25) is 5.91 Å². The molecule has 1 aliphatic rings. The van der Waals surface area contributed by atoms with E-state index in [1.807, 2.05) is 13.8 Å². The minimum Gasteiger partial charge on any atom is -0.339 e. The van der Waals surface area contributed by atoms with Crippen LogP contribution in [0.1, 0.15) is 13.8 Å². The highest BCUT2D eigenvalue weighted by Gasteiger charge is 2.28. The minimum atomic E-state index is -3.63. The smallest absolute Gasteiger partial charge is 0.238 e. The molecule has 0 radical (unpaired) electrons. The van der Waals surface area contributed by atoms with Crippen molar-refractivity contribution < 1.29 is 13.2 Å². The second-order valence-electron chi connectivity index (χ2n) is 5.48. The molecule has 0 spiro atoms. The molecule has 1 saturated heterocycles. The van der Waals surface area contributed by atoms with E-state index in [0.717, 1.165) is 0 Å². The average molecular weight is 331 g/mol. The van der Waals surface area contributed by atoms with Crippen LogP contribution in [0.3, 0.4) is 0 Å². The number of sulfone groups is 1. The molecule has 5 nitrogen and oxygen atoms in total. The van der Waals surface area contributed by atoms with Crippen molar-refractivity contribution in [1.82, 2.24) is 10.2 Å². The van der Waals surface area contributed by atoms with Gasteiger partial charge in [-0.1, -0.05) is 11.6 Å². The SMILES string of the molecule is C[C@@H]1CN(C(=O)CS(=O)(=O)c2ccc(Cl)cc2)C[C@H](C)N1. The van der Waals surface area contributed by atoms with E-state index in [1.165, 1.54) is 24.3 Å². The Hall–Kier alpha value is -1.11. The van der Waals surface area contributed by atoms with E-state index >= 15 is 0 Å². The Kier molecular flexibility index (Phi) is 4.91. The molecule has 1 N–H and O–H groups in total. The van der Waals surface area contributed by atoms with Crippen LogP contribution >= 0.6 is 11.6 Å². The fraction of sp³-hybridized carbons (Fsp3) is 0.500. The zero-order valence-electron chi connectivity index (χ0n) is 12.0. The topological polar surface area (TPSA) is 66.5 Å². The first-order chi connectivity index (χ1) is 9.78. The molecule has 1 aromatic carbocycles. The Labute approximate surface area is 130 Å².